The number of carbonyl (C=O) groups is 1. The van der Waals surface area contributed by atoms with Gasteiger partial charge in [-0.2, -0.15) is 0 Å². The number of rotatable bonds is 1. The summed E-state index contributed by atoms with van der Waals surface area (Å²) in [6.07, 6.45) is 2.45. The number of aliphatic hydroxyl groups excluding tert-OH is 1. The van der Waals surface area contributed by atoms with Gasteiger partial charge in [0.15, 0.2) is 0 Å². The number of esters is 1. The predicted octanol–water partition coefficient (Wildman–Crippen LogP) is 3.88. The lowest BCUT2D eigenvalue weighted by atomic mass is 9.72. The van der Waals surface area contributed by atoms with Gasteiger partial charge in [0.25, 0.3) is 0 Å². The van der Waals surface area contributed by atoms with E-state index < -0.39 is 11.7 Å². The second-order valence-electron chi connectivity index (χ2n) is 8.36. The van der Waals surface area contributed by atoms with Crippen molar-refractivity contribution in [2.45, 2.75) is 85.2 Å². The second kappa shape index (κ2) is 7.65. The molecule has 8 unspecified atom stereocenters. The van der Waals surface area contributed by atoms with Crippen molar-refractivity contribution in [3.63, 3.8) is 0 Å². The lowest BCUT2D eigenvalue weighted by Crippen LogP contribution is -2.66. The minimum atomic E-state index is -0.557. The van der Waals surface area contributed by atoms with Gasteiger partial charge in [0.2, 0.25) is 0 Å². The maximum atomic E-state index is 12.6. The lowest BCUT2D eigenvalue weighted by Gasteiger charge is -2.54. The molecule has 2 bridgehead atoms. The Kier molecular flexibility index (Phi) is 6.19. The van der Waals surface area contributed by atoms with Gasteiger partial charge in [0, 0.05) is 5.57 Å². The van der Waals surface area contributed by atoms with Gasteiger partial charge in [0.1, 0.15) is 12.2 Å². The van der Waals surface area contributed by atoms with E-state index >= 15 is 0 Å². The minimum absolute atomic E-state index is 0.0939. The molecule has 1 fully saturated rings. The molecule has 0 amide bonds. The van der Waals surface area contributed by atoms with Gasteiger partial charge in [-0.15, -0.1) is 5.73 Å². The van der Waals surface area contributed by atoms with Crippen molar-refractivity contribution in [2.24, 2.45) is 23.7 Å². The van der Waals surface area contributed by atoms with E-state index in [-0.39, 0.29) is 30.0 Å². The molecule has 8 atom stereocenters. The average Bonchev–Trinajstić information content (AvgIpc) is 2.59. The van der Waals surface area contributed by atoms with Crippen LogP contribution in [0.2, 0.25) is 0 Å². The third-order valence-electron chi connectivity index (χ3n) is 6.33. The van der Waals surface area contributed by atoms with Crippen molar-refractivity contribution in [1.29, 1.82) is 0 Å². The Balaban J connectivity index is 2.35. The summed E-state index contributed by atoms with van der Waals surface area (Å²) in [6, 6.07) is 0. The molecule has 142 valence electrons. The Morgan fingerprint density at radius 2 is 1.96 bits per heavy atom. The normalized spacial score (nSPS) is 45.8. The molecule has 3 rings (SSSR count). The molecule has 0 radical (unpaired) electrons. The number of carbonyl (C=O) groups excluding carboxylic acids is 1. The van der Waals surface area contributed by atoms with Crippen molar-refractivity contribution in [2.75, 3.05) is 0 Å². The van der Waals surface area contributed by atoms with Crippen LogP contribution in [0.3, 0.4) is 0 Å². The summed E-state index contributed by atoms with van der Waals surface area (Å²) in [5, 5.41) is 10.7. The molecule has 0 saturated carbocycles. The van der Waals surface area contributed by atoms with E-state index in [0.29, 0.717) is 11.8 Å². The van der Waals surface area contributed by atoms with E-state index in [2.05, 4.69) is 25.7 Å². The third-order valence-corrected chi connectivity index (χ3v) is 6.33. The smallest absolute Gasteiger partial charge is 0.309 e. The number of fused-ring (bicyclic) bond motifs is 8. The third kappa shape index (κ3) is 4.02. The van der Waals surface area contributed by atoms with Gasteiger partial charge in [-0.25, -0.2) is 0 Å². The molecule has 1 N–H and O–H groups in total. The van der Waals surface area contributed by atoms with E-state index in [1.165, 1.54) is 0 Å². The van der Waals surface area contributed by atoms with Crippen LogP contribution in [0, 0.1) is 23.7 Å². The maximum absolute atomic E-state index is 12.6. The Bertz CT molecular complexity index is 562. The lowest BCUT2D eigenvalue weighted by molar-refractivity contribution is -0.305. The highest BCUT2D eigenvalue weighted by molar-refractivity contribution is 5.73. The summed E-state index contributed by atoms with van der Waals surface area (Å²) >= 11 is 0. The van der Waals surface area contributed by atoms with E-state index in [9.17, 15) is 9.90 Å². The first-order valence-electron chi connectivity index (χ1n) is 9.60. The molecular weight excluding hydrogens is 316 g/mol. The number of ether oxygens (including phenoxy) is 2. The van der Waals surface area contributed by atoms with Crippen molar-refractivity contribution in [3.05, 3.63) is 17.4 Å². The molecule has 3 aliphatic rings. The van der Waals surface area contributed by atoms with Crippen molar-refractivity contribution in [3.8, 4) is 0 Å². The quantitative estimate of drug-likeness (QED) is 0.576. The van der Waals surface area contributed by atoms with E-state index in [4.69, 9.17) is 9.47 Å². The van der Waals surface area contributed by atoms with Gasteiger partial charge in [-0.05, 0) is 50.5 Å². The van der Waals surface area contributed by atoms with Crippen molar-refractivity contribution in [1.82, 2.24) is 0 Å². The molecule has 3 heterocycles. The largest absolute Gasteiger partial charge is 0.457 e. The Morgan fingerprint density at radius 1 is 1.32 bits per heavy atom. The Morgan fingerprint density at radius 3 is 2.52 bits per heavy atom. The van der Waals surface area contributed by atoms with Gasteiger partial charge in [-0.3, -0.25) is 4.79 Å². The first-order valence-corrected chi connectivity index (χ1v) is 9.60. The molecule has 25 heavy (non-hydrogen) atoms. The summed E-state index contributed by atoms with van der Waals surface area (Å²) in [7, 11) is 0. The SMILES string of the molecule is CCC1OC(=O)C(C)C(C)C2OC(C)(CC(C)C(C)C=C=C1C)C2O. The fraction of sp³-hybridized carbons (Fsp3) is 0.810. The second-order valence-corrected chi connectivity index (χ2v) is 8.36. The predicted molar refractivity (Wildman–Crippen MR) is 98.0 cm³/mol. The van der Waals surface area contributed by atoms with Crippen molar-refractivity contribution < 1.29 is 19.4 Å². The molecule has 4 heteroatoms. The Hall–Kier alpha value is -1.09. The zero-order valence-electron chi connectivity index (χ0n) is 16.7. The van der Waals surface area contributed by atoms with Gasteiger partial charge in [0.05, 0.1) is 17.6 Å². The van der Waals surface area contributed by atoms with Gasteiger partial charge < -0.3 is 14.6 Å². The number of hydrogen-bond acceptors (Lipinski definition) is 4. The number of hydrogen-bond donors (Lipinski definition) is 1. The molecular formula is C21H34O4. The fourth-order valence-electron chi connectivity index (χ4n) is 3.85. The van der Waals surface area contributed by atoms with Crippen LogP contribution in [-0.2, 0) is 14.3 Å². The summed E-state index contributed by atoms with van der Waals surface area (Å²) in [4.78, 5) is 12.6. The van der Waals surface area contributed by atoms with Crippen LogP contribution in [0.15, 0.2) is 17.4 Å². The highest BCUT2D eigenvalue weighted by Gasteiger charge is 2.55. The molecule has 0 aromatic heterocycles. The van der Waals surface area contributed by atoms with Gasteiger partial charge in [-0.1, -0.05) is 34.6 Å². The summed E-state index contributed by atoms with van der Waals surface area (Å²) < 4.78 is 11.8. The van der Waals surface area contributed by atoms with Crippen LogP contribution in [0.25, 0.3) is 0 Å². The Labute approximate surface area is 152 Å². The van der Waals surface area contributed by atoms with E-state index in [1.807, 2.05) is 34.6 Å². The zero-order valence-corrected chi connectivity index (χ0v) is 16.7. The van der Waals surface area contributed by atoms with Crippen LogP contribution >= 0.6 is 0 Å². The van der Waals surface area contributed by atoms with Crippen LogP contribution < -0.4 is 0 Å². The van der Waals surface area contributed by atoms with Crippen LogP contribution in [0.5, 0.6) is 0 Å². The number of aliphatic hydroxyl groups is 1. The van der Waals surface area contributed by atoms with Gasteiger partial charge >= 0.3 is 5.97 Å². The summed E-state index contributed by atoms with van der Waals surface area (Å²) in [5.41, 5.74) is 3.74. The topological polar surface area (TPSA) is 55.8 Å². The fourth-order valence-corrected chi connectivity index (χ4v) is 3.85. The standard InChI is InChI=1S/C21H34O4/c1-8-17-13(3)10-9-12(2)14(4)11-21(7)19(22)18(25-21)15(5)16(6)20(23)24-17/h9,12,14-19,22H,8,11H2,1-7H3. The molecule has 0 aromatic rings. The highest BCUT2D eigenvalue weighted by atomic mass is 16.6. The monoisotopic (exact) mass is 350 g/mol. The molecule has 1 saturated heterocycles. The average molecular weight is 350 g/mol. The van der Waals surface area contributed by atoms with Crippen LogP contribution in [0.1, 0.15) is 61.3 Å². The minimum Gasteiger partial charge on any atom is -0.457 e. The first kappa shape index (κ1) is 20.2. The molecule has 0 aliphatic carbocycles. The molecule has 0 spiro atoms. The summed E-state index contributed by atoms with van der Waals surface area (Å²) in [6.45, 7) is 14.1. The van der Waals surface area contributed by atoms with Crippen molar-refractivity contribution >= 4 is 5.97 Å². The maximum Gasteiger partial charge on any atom is 0.309 e. The molecule has 3 aliphatic heterocycles. The van der Waals surface area contributed by atoms with Crippen LogP contribution in [0.4, 0.5) is 0 Å². The van der Waals surface area contributed by atoms with E-state index in [1.54, 1.807) is 0 Å². The van der Waals surface area contributed by atoms with E-state index in [0.717, 1.165) is 18.4 Å². The first-order chi connectivity index (χ1) is 11.6. The molecule has 0 aromatic carbocycles. The zero-order chi connectivity index (χ0) is 18.9. The summed E-state index contributed by atoms with van der Waals surface area (Å²) in [5.74, 6) is 0.00888. The highest BCUT2D eigenvalue weighted by Crippen LogP contribution is 2.44. The molecule has 4 nitrogen and oxygen atoms in total. The van der Waals surface area contributed by atoms with Crippen LogP contribution in [-0.4, -0.2) is 35.0 Å².